The number of ether oxygens (including phenoxy) is 6. The average Bonchev–Trinajstić information content (AvgIpc) is 3.88. The molecule has 0 amide bonds. The van der Waals surface area contributed by atoms with Crippen LogP contribution in [0.3, 0.4) is 0 Å². The van der Waals surface area contributed by atoms with Crippen molar-refractivity contribution in [1.82, 2.24) is 0 Å². The zero-order valence-electron chi connectivity index (χ0n) is 24.3. The lowest BCUT2D eigenvalue weighted by Gasteiger charge is -2.16. The lowest BCUT2D eigenvalue weighted by molar-refractivity contribution is -0.136. The van der Waals surface area contributed by atoms with E-state index >= 15 is 0 Å². The van der Waals surface area contributed by atoms with Gasteiger partial charge in [0, 0.05) is 0 Å². The van der Waals surface area contributed by atoms with Gasteiger partial charge in [-0.05, 0) is 36.5 Å². The quantitative estimate of drug-likeness (QED) is 0.176. The summed E-state index contributed by atoms with van der Waals surface area (Å²) in [5.74, 6) is -0.944. The Balaban J connectivity index is 0.000000517. The molecule has 6 aliphatic heterocycles. The molecule has 6 rings (SSSR count). The predicted octanol–water partition coefficient (Wildman–Crippen LogP) is -0.0577. The number of carbonyl (C=O) groups is 7. The van der Waals surface area contributed by atoms with Gasteiger partial charge in [0.2, 0.25) is 0 Å². The normalized spacial score (nSPS) is 18.6. The zero-order valence-corrected chi connectivity index (χ0v) is 24.3. The van der Waals surface area contributed by atoms with Crippen LogP contribution >= 0.6 is 0 Å². The summed E-state index contributed by atoms with van der Waals surface area (Å²) in [6, 6.07) is 0. The fourth-order valence-electron chi connectivity index (χ4n) is 2.31. The van der Waals surface area contributed by atoms with Crippen LogP contribution in [0.2, 0.25) is 0 Å². The van der Waals surface area contributed by atoms with Crippen LogP contribution in [0.5, 0.6) is 0 Å². The molecule has 0 aromatic carbocycles. The molecule has 6 aliphatic rings. The van der Waals surface area contributed by atoms with E-state index in [1.165, 1.54) is 37.6 Å². The minimum atomic E-state index is -1.64. The van der Waals surface area contributed by atoms with E-state index in [4.69, 9.17) is 20.4 Å². The van der Waals surface area contributed by atoms with E-state index in [9.17, 15) is 33.6 Å². The van der Waals surface area contributed by atoms with Gasteiger partial charge < -0.3 is 53.6 Å². The van der Waals surface area contributed by atoms with E-state index < -0.39 is 24.9 Å². The lowest BCUT2D eigenvalue weighted by atomic mass is 10.1. The van der Waals surface area contributed by atoms with Gasteiger partial charge in [-0.15, -0.1) is 0 Å². The van der Waals surface area contributed by atoms with Crippen molar-refractivity contribution in [3.63, 3.8) is 0 Å². The lowest BCUT2D eigenvalue weighted by Crippen LogP contribution is -2.40. The first-order chi connectivity index (χ1) is 22.0. The van der Waals surface area contributed by atoms with Crippen LogP contribution in [0.1, 0.15) is 38.5 Å². The maximum atomic E-state index is 9.96. The van der Waals surface area contributed by atoms with Crippen molar-refractivity contribution in [2.45, 2.75) is 56.8 Å². The highest BCUT2D eigenvalue weighted by Gasteiger charge is 2.22. The third kappa shape index (κ3) is 23.3. The molecule has 17 nitrogen and oxygen atoms in total. The average molecular weight is 655 g/mol. The molecule has 3 unspecified atom stereocenters. The molecule has 6 heterocycles. The van der Waals surface area contributed by atoms with Crippen LogP contribution in [0.4, 0.5) is 0 Å². The Labute approximate surface area is 262 Å². The number of aliphatic hydroxyl groups is 4. The highest BCUT2D eigenvalue weighted by molar-refractivity contribution is 5.75. The number of carbonyl (C=O) groups excluding carboxylic acids is 7. The van der Waals surface area contributed by atoms with Crippen molar-refractivity contribution in [2.24, 2.45) is 0 Å². The van der Waals surface area contributed by atoms with Gasteiger partial charge in [-0.1, -0.05) is 0 Å². The summed E-state index contributed by atoms with van der Waals surface area (Å²) >= 11 is 0. The van der Waals surface area contributed by atoms with E-state index in [2.05, 4.69) is 28.4 Å². The Bertz CT molecular complexity index is 917. The van der Waals surface area contributed by atoms with E-state index in [1.54, 1.807) is 36.5 Å². The van der Waals surface area contributed by atoms with Crippen LogP contribution in [0.25, 0.3) is 0 Å². The Morgan fingerprint density at radius 1 is 0.500 bits per heavy atom. The first-order valence-corrected chi connectivity index (χ1v) is 13.2. The van der Waals surface area contributed by atoms with E-state index in [1.807, 2.05) is 0 Å². The molecule has 0 radical (unpaired) electrons. The van der Waals surface area contributed by atoms with Gasteiger partial charge in [-0.2, -0.15) is 0 Å². The maximum Gasteiger partial charge on any atom is 0.314 e. The minimum Gasteiger partial charge on any atom is -0.435 e. The number of hydrogen-bond donors (Lipinski definition) is 4. The predicted molar refractivity (Wildman–Crippen MR) is 150 cm³/mol. The second kappa shape index (κ2) is 26.2. The molecule has 0 aliphatic carbocycles. The molecule has 4 N–H and O–H groups in total. The van der Waals surface area contributed by atoms with Crippen LogP contribution in [0, 0.1) is 0 Å². The summed E-state index contributed by atoms with van der Waals surface area (Å²) in [5.41, 5.74) is 0. The van der Waals surface area contributed by atoms with Crippen molar-refractivity contribution < 1.29 is 82.4 Å². The van der Waals surface area contributed by atoms with Gasteiger partial charge in [0.1, 0.15) is 18.3 Å². The molecule has 0 spiro atoms. The Morgan fingerprint density at radius 3 is 0.804 bits per heavy atom. The number of esters is 6. The highest BCUT2D eigenvalue weighted by Crippen LogP contribution is 2.00. The summed E-state index contributed by atoms with van der Waals surface area (Å²) in [5, 5.41) is 34.1. The maximum absolute atomic E-state index is 9.96. The first-order valence-electron chi connectivity index (χ1n) is 13.2. The fraction of sp³-hybridized carbons (Fsp3) is 0.345. The van der Waals surface area contributed by atoms with E-state index in [0.717, 1.165) is 0 Å². The second-order valence-electron chi connectivity index (χ2n) is 8.26. The SMILES string of the molecule is O=C1CC=CO1.O=C1CC=CO1.O=C1CC=CO1.O=C1CC=CO1.O=C1CC=CO1.O=C1CC=CO1.O=CC(O)C(O)C(O)CO. The number of hydrogen-bond acceptors (Lipinski definition) is 17. The van der Waals surface area contributed by atoms with Gasteiger partial charge in [-0.25, -0.2) is 0 Å². The molecule has 0 aromatic rings. The third-order valence-electron chi connectivity index (χ3n) is 4.55. The molecule has 0 saturated heterocycles. The zero-order chi connectivity index (χ0) is 34.6. The Hall–Kier alpha value is -5.23. The molecule has 3 atom stereocenters. The summed E-state index contributed by atoms with van der Waals surface area (Å²) in [6.07, 6.45) is 16.6. The van der Waals surface area contributed by atoms with E-state index in [-0.39, 0.29) is 42.1 Å². The van der Waals surface area contributed by atoms with Gasteiger partial charge in [0.25, 0.3) is 0 Å². The number of cyclic esters (lactones) is 6. The number of aldehydes is 1. The molecule has 17 heteroatoms. The summed E-state index contributed by atoms with van der Waals surface area (Å²) in [6.45, 7) is -0.688. The molecule has 0 bridgehead atoms. The van der Waals surface area contributed by atoms with Gasteiger partial charge in [0.05, 0.1) is 82.7 Å². The molecular formula is C29H34O17. The molecule has 0 saturated carbocycles. The van der Waals surface area contributed by atoms with Gasteiger partial charge in [-0.3, -0.25) is 28.8 Å². The van der Waals surface area contributed by atoms with Crippen LogP contribution in [-0.2, 0) is 62.0 Å². The van der Waals surface area contributed by atoms with Gasteiger partial charge in [0.15, 0.2) is 6.29 Å². The van der Waals surface area contributed by atoms with Crippen LogP contribution in [0.15, 0.2) is 74.0 Å². The second-order valence-corrected chi connectivity index (χ2v) is 8.26. The third-order valence-corrected chi connectivity index (χ3v) is 4.55. The first kappa shape index (κ1) is 40.8. The van der Waals surface area contributed by atoms with Crippen molar-refractivity contribution in [3.05, 3.63) is 74.0 Å². The molecule has 0 aromatic heterocycles. The molecule has 252 valence electrons. The number of rotatable bonds is 4. The Morgan fingerprint density at radius 2 is 0.717 bits per heavy atom. The largest absolute Gasteiger partial charge is 0.435 e. The standard InChI is InChI=1S/C5H10O5.6C4H4O2/c6-1-3(8)5(10)4(9)2-7;6*5-4-2-1-3-6-4/h1,3-5,7-10H,2H2;6*1,3H,2H2. The summed E-state index contributed by atoms with van der Waals surface area (Å²) in [4.78, 5) is 69.5. The van der Waals surface area contributed by atoms with Gasteiger partial charge >= 0.3 is 35.8 Å². The van der Waals surface area contributed by atoms with Crippen molar-refractivity contribution >= 4 is 42.1 Å². The van der Waals surface area contributed by atoms with Crippen molar-refractivity contribution in [3.8, 4) is 0 Å². The number of aliphatic hydroxyl groups excluding tert-OH is 4. The summed E-state index contributed by atoms with van der Waals surface area (Å²) in [7, 11) is 0. The van der Waals surface area contributed by atoms with Crippen molar-refractivity contribution in [2.75, 3.05) is 6.61 Å². The summed E-state index contributed by atoms with van der Waals surface area (Å²) < 4.78 is 26.0. The molecule has 46 heavy (non-hydrogen) atoms. The minimum absolute atomic E-state index is 0.0869. The highest BCUT2D eigenvalue weighted by atomic mass is 16.5. The fourth-order valence-corrected chi connectivity index (χ4v) is 2.31. The Kier molecular flexibility index (Phi) is 23.2. The topological polar surface area (TPSA) is 256 Å². The van der Waals surface area contributed by atoms with Crippen LogP contribution < -0.4 is 0 Å². The smallest absolute Gasteiger partial charge is 0.314 e. The molecular weight excluding hydrogens is 620 g/mol. The van der Waals surface area contributed by atoms with Crippen LogP contribution in [-0.4, -0.2) is 87.4 Å². The molecule has 0 fully saturated rings. The van der Waals surface area contributed by atoms with E-state index in [0.29, 0.717) is 38.5 Å². The van der Waals surface area contributed by atoms with Crippen molar-refractivity contribution in [1.29, 1.82) is 0 Å². The monoisotopic (exact) mass is 654 g/mol.